The highest BCUT2D eigenvalue weighted by molar-refractivity contribution is 6.07. The van der Waals surface area contributed by atoms with Crippen LogP contribution in [0.2, 0.25) is 0 Å². The van der Waals surface area contributed by atoms with Crippen molar-refractivity contribution in [2.75, 3.05) is 5.32 Å². The lowest BCUT2D eigenvalue weighted by molar-refractivity contribution is 0.0996. The van der Waals surface area contributed by atoms with Crippen molar-refractivity contribution in [2.24, 2.45) is 5.73 Å². The molecule has 1 aromatic carbocycles. The van der Waals surface area contributed by atoms with E-state index in [0.29, 0.717) is 5.69 Å². The first kappa shape index (κ1) is 15.3. The second kappa shape index (κ2) is 6.29. The topological polar surface area (TPSA) is 127 Å². The molecule has 0 saturated carbocycles. The number of anilines is 1. The zero-order valence-electron chi connectivity index (χ0n) is 12.8. The molecule has 8 heteroatoms. The third-order valence-corrected chi connectivity index (χ3v) is 3.42. The molecular formula is C16H14N6O2. The molecule has 0 saturated heterocycles. The number of nitrogens with zero attached hydrogens (tertiary/aromatic N) is 3. The lowest BCUT2D eigenvalue weighted by Gasteiger charge is -2.07. The molecule has 2 amide bonds. The quantitative estimate of drug-likeness (QED) is 0.671. The van der Waals surface area contributed by atoms with Crippen LogP contribution in [0.5, 0.6) is 0 Å². The number of H-pyrrole nitrogens is 1. The molecule has 0 aliphatic rings. The summed E-state index contributed by atoms with van der Waals surface area (Å²) in [4.78, 5) is 32.0. The number of aryl methyl sites for hydroxylation is 1. The summed E-state index contributed by atoms with van der Waals surface area (Å²) in [5.74, 6) is -1.23. The average molecular weight is 322 g/mol. The van der Waals surface area contributed by atoms with E-state index in [2.05, 4.69) is 25.5 Å². The number of amides is 2. The number of aromatic amines is 1. The van der Waals surface area contributed by atoms with E-state index in [1.807, 2.05) is 31.2 Å². The van der Waals surface area contributed by atoms with Crippen molar-refractivity contribution in [3.63, 3.8) is 0 Å². The molecule has 0 aliphatic heterocycles. The number of hydrogen-bond acceptors (Lipinski definition) is 5. The molecule has 8 nitrogen and oxygen atoms in total. The molecule has 24 heavy (non-hydrogen) atoms. The van der Waals surface area contributed by atoms with E-state index in [4.69, 9.17) is 5.73 Å². The molecule has 0 spiro atoms. The molecule has 120 valence electrons. The van der Waals surface area contributed by atoms with Gasteiger partial charge in [0.1, 0.15) is 11.4 Å². The van der Waals surface area contributed by atoms with E-state index >= 15 is 0 Å². The number of nitrogens with one attached hydrogen (secondary N) is 2. The smallest absolute Gasteiger partial charge is 0.275 e. The maximum Gasteiger partial charge on any atom is 0.275 e. The minimum atomic E-state index is -0.720. The van der Waals surface area contributed by atoms with Gasteiger partial charge in [-0.3, -0.25) is 19.7 Å². The van der Waals surface area contributed by atoms with E-state index in [1.54, 1.807) is 6.20 Å². The number of carbonyl (C=O) groups is 2. The van der Waals surface area contributed by atoms with E-state index in [0.717, 1.165) is 11.1 Å². The second-order valence-electron chi connectivity index (χ2n) is 5.08. The van der Waals surface area contributed by atoms with Crippen molar-refractivity contribution in [1.29, 1.82) is 0 Å². The number of rotatable bonds is 4. The lowest BCUT2D eigenvalue weighted by Crippen LogP contribution is -2.18. The van der Waals surface area contributed by atoms with E-state index < -0.39 is 11.8 Å². The summed E-state index contributed by atoms with van der Waals surface area (Å²) in [6.45, 7) is 1.95. The highest BCUT2D eigenvalue weighted by Gasteiger charge is 2.16. The van der Waals surface area contributed by atoms with Crippen LogP contribution in [0, 0.1) is 6.92 Å². The van der Waals surface area contributed by atoms with Crippen LogP contribution in [0.15, 0.2) is 42.9 Å². The minimum absolute atomic E-state index is 0.0198. The fourth-order valence-electron chi connectivity index (χ4n) is 2.22. The summed E-state index contributed by atoms with van der Waals surface area (Å²) in [6, 6.07) is 7.67. The van der Waals surface area contributed by atoms with Crippen molar-refractivity contribution in [1.82, 2.24) is 20.2 Å². The van der Waals surface area contributed by atoms with Gasteiger partial charge in [0.05, 0.1) is 30.0 Å². The van der Waals surface area contributed by atoms with Crippen LogP contribution in [0.25, 0.3) is 11.3 Å². The normalized spacial score (nSPS) is 10.4. The van der Waals surface area contributed by atoms with Gasteiger partial charge in [0.15, 0.2) is 0 Å². The van der Waals surface area contributed by atoms with E-state index in [9.17, 15) is 9.59 Å². The van der Waals surface area contributed by atoms with Gasteiger partial charge >= 0.3 is 0 Å². The number of nitrogens with two attached hydrogens (primary N) is 1. The molecule has 2 aromatic heterocycles. The molecule has 0 bridgehead atoms. The Labute approximate surface area is 137 Å². The zero-order chi connectivity index (χ0) is 17.1. The highest BCUT2D eigenvalue weighted by Crippen LogP contribution is 2.20. The van der Waals surface area contributed by atoms with Gasteiger partial charge in [-0.25, -0.2) is 4.98 Å². The number of benzene rings is 1. The maximum absolute atomic E-state index is 12.3. The van der Waals surface area contributed by atoms with Crippen molar-refractivity contribution in [3.05, 3.63) is 59.8 Å². The van der Waals surface area contributed by atoms with E-state index in [-0.39, 0.29) is 17.1 Å². The summed E-state index contributed by atoms with van der Waals surface area (Å²) < 4.78 is 0. The highest BCUT2D eigenvalue weighted by atomic mass is 16.2. The van der Waals surface area contributed by atoms with Gasteiger partial charge in [-0.1, -0.05) is 24.3 Å². The van der Waals surface area contributed by atoms with Gasteiger partial charge in [0, 0.05) is 5.56 Å². The maximum atomic E-state index is 12.3. The third kappa shape index (κ3) is 2.98. The summed E-state index contributed by atoms with van der Waals surface area (Å²) in [7, 11) is 0. The van der Waals surface area contributed by atoms with Crippen molar-refractivity contribution in [3.8, 4) is 11.3 Å². The Hall–Kier alpha value is -3.55. The zero-order valence-corrected chi connectivity index (χ0v) is 12.8. The molecular weight excluding hydrogens is 308 g/mol. The lowest BCUT2D eigenvalue weighted by atomic mass is 10.1. The molecule has 0 radical (unpaired) electrons. The van der Waals surface area contributed by atoms with Gasteiger partial charge in [-0.15, -0.1) is 0 Å². The fraction of sp³-hybridized carbons (Fsp3) is 0.0625. The first-order chi connectivity index (χ1) is 11.6. The molecule has 0 aliphatic carbocycles. The van der Waals surface area contributed by atoms with Crippen LogP contribution in [-0.2, 0) is 0 Å². The number of carbonyl (C=O) groups excluding carboxylic acids is 2. The Balaban J connectivity index is 1.89. The van der Waals surface area contributed by atoms with Crippen molar-refractivity contribution >= 4 is 17.5 Å². The van der Waals surface area contributed by atoms with Crippen LogP contribution in [0.4, 0.5) is 5.69 Å². The van der Waals surface area contributed by atoms with Crippen LogP contribution in [0.3, 0.4) is 0 Å². The van der Waals surface area contributed by atoms with E-state index in [1.165, 1.54) is 12.4 Å². The Kier molecular flexibility index (Phi) is 4.02. The largest absolute Gasteiger partial charge is 0.364 e. The van der Waals surface area contributed by atoms with Crippen LogP contribution in [0.1, 0.15) is 26.5 Å². The second-order valence-corrected chi connectivity index (χ2v) is 5.08. The Morgan fingerprint density at radius 2 is 1.96 bits per heavy atom. The van der Waals surface area contributed by atoms with Gasteiger partial charge in [-0.05, 0) is 12.5 Å². The predicted octanol–water partition coefficient (Wildman–Crippen LogP) is 1.53. The fourth-order valence-corrected chi connectivity index (χ4v) is 2.22. The number of hydrogen-bond donors (Lipinski definition) is 3. The number of primary amides is 1. The average Bonchev–Trinajstić information content (AvgIpc) is 3.04. The SMILES string of the molecule is Cc1ccccc1-c1cncc(C(=O)Nc2cn[nH]c2C(N)=O)n1. The third-order valence-electron chi connectivity index (χ3n) is 3.42. The van der Waals surface area contributed by atoms with Gasteiger partial charge < -0.3 is 11.1 Å². The minimum Gasteiger partial charge on any atom is -0.364 e. The molecule has 4 N–H and O–H groups in total. The van der Waals surface area contributed by atoms with Crippen LogP contribution >= 0.6 is 0 Å². The Morgan fingerprint density at radius 3 is 2.71 bits per heavy atom. The van der Waals surface area contributed by atoms with Gasteiger partial charge in [0.25, 0.3) is 11.8 Å². The van der Waals surface area contributed by atoms with Crippen molar-refractivity contribution < 1.29 is 9.59 Å². The molecule has 2 heterocycles. The summed E-state index contributed by atoms with van der Waals surface area (Å²) in [5.41, 5.74) is 8.03. The van der Waals surface area contributed by atoms with Gasteiger partial charge in [0.2, 0.25) is 0 Å². The molecule has 0 fully saturated rings. The standard InChI is InChI=1S/C16H14N6O2/c1-9-4-2-3-5-10(9)11-6-18-7-13(20-11)16(24)21-12-8-19-22-14(12)15(17)23/h2-8H,1H3,(H2,17,23)(H,19,22)(H,21,24). The summed E-state index contributed by atoms with van der Waals surface area (Å²) in [5, 5.41) is 8.67. The van der Waals surface area contributed by atoms with Crippen LogP contribution < -0.4 is 11.1 Å². The number of aromatic nitrogens is 4. The molecule has 0 atom stereocenters. The monoisotopic (exact) mass is 322 g/mol. The summed E-state index contributed by atoms with van der Waals surface area (Å²) >= 11 is 0. The van der Waals surface area contributed by atoms with Gasteiger partial charge in [-0.2, -0.15) is 5.10 Å². The molecule has 3 aromatic rings. The van der Waals surface area contributed by atoms with Crippen molar-refractivity contribution in [2.45, 2.75) is 6.92 Å². The Morgan fingerprint density at radius 1 is 1.17 bits per heavy atom. The molecule has 0 unspecified atom stereocenters. The Bertz CT molecular complexity index is 918. The first-order valence-electron chi connectivity index (χ1n) is 7.09. The first-order valence-corrected chi connectivity index (χ1v) is 7.09. The predicted molar refractivity (Wildman–Crippen MR) is 87.3 cm³/mol. The van der Waals surface area contributed by atoms with Crippen LogP contribution in [-0.4, -0.2) is 32.0 Å². The molecule has 3 rings (SSSR count). The summed E-state index contributed by atoms with van der Waals surface area (Å²) in [6.07, 6.45) is 4.24.